The van der Waals surface area contributed by atoms with Crippen molar-refractivity contribution < 1.29 is 17.9 Å². The van der Waals surface area contributed by atoms with Crippen LogP contribution in [0.15, 0.2) is 57.9 Å². The molecular formula is C22H23BrN2O4S. The first-order valence-electron chi connectivity index (χ1n) is 9.21. The van der Waals surface area contributed by atoms with Gasteiger partial charge >= 0.3 is 0 Å². The molecular weight excluding hydrogens is 468 g/mol. The topological polar surface area (TPSA) is 75.7 Å². The predicted octanol–water partition coefficient (Wildman–Crippen LogP) is 4.35. The minimum Gasteiger partial charge on any atom is -0.496 e. The molecule has 3 aromatic carbocycles. The molecule has 0 aromatic heterocycles. The standard InChI is InChI=1S/C22H23BrN2O4S/c1-14-5-8-17(30(27,28)25(2)3)12-20(14)24-22(26)13-19-18-9-7-16(23)11-15(18)6-10-21(19)29-4/h5-12H,13H2,1-4H3,(H,24,26). The van der Waals surface area contributed by atoms with E-state index in [0.29, 0.717) is 11.4 Å². The SMILES string of the molecule is COc1ccc2cc(Br)ccc2c1CC(=O)Nc1cc(S(=O)(=O)N(C)C)ccc1C. The largest absolute Gasteiger partial charge is 0.496 e. The summed E-state index contributed by atoms with van der Waals surface area (Å²) in [7, 11) is 0.915. The van der Waals surface area contributed by atoms with Crippen LogP contribution in [0.5, 0.6) is 5.75 Å². The number of nitrogens with zero attached hydrogens (tertiary/aromatic N) is 1. The van der Waals surface area contributed by atoms with Gasteiger partial charge < -0.3 is 10.1 Å². The van der Waals surface area contributed by atoms with Crippen LogP contribution in [0.3, 0.4) is 0 Å². The van der Waals surface area contributed by atoms with Gasteiger partial charge in [0.15, 0.2) is 0 Å². The summed E-state index contributed by atoms with van der Waals surface area (Å²) in [6, 6.07) is 14.3. The number of carbonyl (C=O) groups is 1. The molecule has 0 saturated carbocycles. The molecule has 30 heavy (non-hydrogen) atoms. The molecule has 0 bridgehead atoms. The molecule has 3 rings (SSSR count). The Hall–Kier alpha value is -2.42. The van der Waals surface area contributed by atoms with Gasteiger partial charge in [-0.25, -0.2) is 12.7 Å². The first-order chi connectivity index (χ1) is 14.1. The highest BCUT2D eigenvalue weighted by Crippen LogP contribution is 2.31. The quantitative estimate of drug-likeness (QED) is 0.557. The second kappa shape index (κ2) is 8.75. The Morgan fingerprint density at radius 2 is 1.83 bits per heavy atom. The molecule has 0 heterocycles. The molecule has 8 heteroatoms. The van der Waals surface area contributed by atoms with Crippen molar-refractivity contribution in [2.45, 2.75) is 18.2 Å². The van der Waals surface area contributed by atoms with Gasteiger partial charge in [-0.15, -0.1) is 0 Å². The van der Waals surface area contributed by atoms with E-state index >= 15 is 0 Å². The first kappa shape index (κ1) is 22.3. The predicted molar refractivity (Wildman–Crippen MR) is 123 cm³/mol. The minimum atomic E-state index is -3.60. The number of nitrogens with one attached hydrogen (secondary N) is 1. The summed E-state index contributed by atoms with van der Waals surface area (Å²) >= 11 is 3.47. The lowest BCUT2D eigenvalue weighted by Gasteiger charge is -2.15. The summed E-state index contributed by atoms with van der Waals surface area (Å²) in [5.74, 6) is 0.367. The van der Waals surface area contributed by atoms with Gasteiger partial charge in [0.25, 0.3) is 0 Å². The average Bonchev–Trinajstić information content (AvgIpc) is 2.69. The van der Waals surface area contributed by atoms with Crippen LogP contribution < -0.4 is 10.1 Å². The van der Waals surface area contributed by atoms with Crippen molar-refractivity contribution in [3.63, 3.8) is 0 Å². The molecule has 0 radical (unpaired) electrons. The summed E-state index contributed by atoms with van der Waals surface area (Å²) in [4.78, 5) is 13.0. The van der Waals surface area contributed by atoms with Gasteiger partial charge in [0, 0.05) is 29.8 Å². The van der Waals surface area contributed by atoms with E-state index in [1.54, 1.807) is 13.2 Å². The van der Waals surface area contributed by atoms with Crippen molar-refractivity contribution in [1.82, 2.24) is 4.31 Å². The third-order valence-electron chi connectivity index (χ3n) is 4.87. The van der Waals surface area contributed by atoms with Crippen molar-refractivity contribution in [3.8, 4) is 5.75 Å². The van der Waals surface area contributed by atoms with Crippen LogP contribution in [-0.4, -0.2) is 39.8 Å². The lowest BCUT2D eigenvalue weighted by molar-refractivity contribution is -0.115. The molecule has 158 valence electrons. The number of fused-ring (bicyclic) bond motifs is 1. The highest BCUT2D eigenvalue weighted by Gasteiger charge is 2.19. The number of ether oxygens (including phenoxy) is 1. The normalized spacial score (nSPS) is 11.7. The fourth-order valence-electron chi connectivity index (χ4n) is 3.18. The van der Waals surface area contributed by atoms with E-state index in [-0.39, 0.29) is 17.2 Å². The maximum atomic E-state index is 12.9. The fourth-order valence-corrected chi connectivity index (χ4v) is 4.49. The molecule has 0 atom stereocenters. The highest BCUT2D eigenvalue weighted by atomic mass is 79.9. The van der Waals surface area contributed by atoms with E-state index in [9.17, 15) is 13.2 Å². The number of carbonyl (C=O) groups excluding carboxylic acids is 1. The fraction of sp³-hybridized carbons (Fsp3) is 0.227. The molecule has 6 nitrogen and oxygen atoms in total. The smallest absolute Gasteiger partial charge is 0.242 e. The number of rotatable bonds is 6. The van der Waals surface area contributed by atoms with Crippen LogP contribution in [0.4, 0.5) is 5.69 Å². The minimum absolute atomic E-state index is 0.0895. The Kier molecular flexibility index (Phi) is 6.50. The van der Waals surface area contributed by atoms with Gasteiger partial charge in [0.1, 0.15) is 5.75 Å². The van der Waals surface area contributed by atoms with E-state index < -0.39 is 10.0 Å². The van der Waals surface area contributed by atoms with Crippen LogP contribution in [0, 0.1) is 6.92 Å². The molecule has 1 N–H and O–H groups in total. The number of sulfonamides is 1. The third-order valence-corrected chi connectivity index (χ3v) is 7.17. The van der Waals surface area contributed by atoms with Crippen molar-refractivity contribution >= 4 is 48.3 Å². The van der Waals surface area contributed by atoms with E-state index in [1.165, 1.54) is 26.2 Å². The number of anilines is 1. The van der Waals surface area contributed by atoms with Crippen molar-refractivity contribution in [1.29, 1.82) is 0 Å². The zero-order valence-electron chi connectivity index (χ0n) is 17.2. The van der Waals surface area contributed by atoms with Crippen LogP contribution in [0.2, 0.25) is 0 Å². The first-order valence-corrected chi connectivity index (χ1v) is 11.4. The summed E-state index contributed by atoms with van der Waals surface area (Å²) in [6.45, 7) is 1.82. The Morgan fingerprint density at radius 1 is 1.10 bits per heavy atom. The molecule has 0 aliphatic carbocycles. The Morgan fingerprint density at radius 3 is 2.50 bits per heavy atom. The number of amides is 1. The van der Waals surface area contributed by atoms with E-state index in [2.05, 4.69) is 21.2 Å². The molecule has 0 unspecified atom stereocenters. The van der Waals surface area contributed by atoms with Crippen molar-refractivity contribution in [3.05, 3.63) is 64.1 Å². The Bertz CT molecular complexity index is 1220. The summed E-state index contributed by atoms with van der Waals surface area (Å²) < 4.78 is 32.4. The van der Waals surface area contributed by atoms with Gasteiger partial charge in [0.2, 0.25) is 15.9 Å². The molecule has 3 aromatic rings. The number of methoxy groups -OCH3 is 1. The number of benzene rings is 3. The van der Waals surface area contributed by atoms with E-state index in [0.717, 1.165) is 30.7 Å². The summed E-state index contributed by atoms with van der Waals surface area (Å²) in [5, 5.41) is 4.76. The summed E-state index contributed by atoms with van der Waals surface area (Å²) in [5.41, 5.74) is 2.01. The van der Waals surface area contributed by atoms with Gasteiger partial charge in [-0.2, -0.15) is 0 Å². The van der Waals surface area contributed by atoms with Crippen LogP contribution in [0.25, 0.3) is 10.8 Å². The summed E-state index contributed by atoms with van der Waals surface area (Å²) in [6.07, 6.45) is 0.0895. The number of hydrogen-bond acceptors (Lipinski definition) is 4. The molecule has 0 aliphatic heterocycles. The second-order valence-corrected chi connectivity index (χ2v) is 10.2. The molecule has 0 aliphatic rings. The highest BCUT2D eigenvalue weighted by molar-refractivity contribution is 9.10. The Labute approximate surface area is 185 Å². The van der Waals surface area contributed by atoms with Crippen LogP contribution >= 0.6 is 15.9 Å². The maximum absolute atomic E-state index is 12.9. The second-order valence-electron chi connectivity index (χ2n) is 7.10. The third kappa shape index (κ3) is 4.50. The van der Waals surface area contributed by atoms with Gasteiger partial charge in [0.05, 0.1) is 18.4 Å². The lowest BCUT2D eigenvalue weighted by Crippen LogP contribution is -2.22. The zero-order valence-corrected chi connectivity index (χ0v) is 19.6. The molecule has 0 saturated heterocycles. The maximum Gasteiger partial charge on any atom is 0.242 e. The van der Waals surface area contributed by atoms with E-state index in [4.69, 9.17) is 4.74 Å². The average molecular weight is 491 g/mol. The van der Waals surface area contributed by atoms with Crippen LogP contribution in [-0.2, 0) is 21.2 Å². The number of hydrogen-bond donors (Lipinski definition) is 1. The molecule has 0 spiro atoms. The number of halogens is 1. The Balaban J connectivity index is 1.93. The lowest BCUT2D eigenvalue weighted by atomic mass is 10.0. The van der Waals surface area contributed by atoms with Crippen molar-refractivity contribution in [2.75, 3.05) is 26.5 Å². The van der Waals surface area contributed by atoms with Crippen molar-refractivity contribution in [2.24, 2.45) is 0 Å². The van der Waals surface area contributed by atoms with Crippen LogP contribution in [0.1, 0.15) is 11.1 Å². The van der Waals surface area contributed by atoms with E-state index in [1.807, 2.05) is 37.3 Å². The van der Waals surface area contributed by atoms with Gasteiger partial charge in [-0.3, -0.25) is 4.79 Å². The van der Waals surface area contributed by atoms with Gasteiger partial charge in [-0.05, 0) is 53.6 Å². The zero-order chi connectivity index (χ0) is 22.1. The monoisotopic (exact) mass is 490 g/mol. The molecule has 1 amide bonds. The number of aryl methyl sites for hydroxylation is 1. The molecule has 0 fully saturated rings. The van der Waals surface area contributed by atoms with Gasteiger partial charge in [-0.1, -0.05) is 34.1 Å².